The molecule has 0 aliphatic carbocycles. The maximum absolute atomic E-state index is 12.2. The molecular weight excluding hydrogens is 316 g/mol. The lowest BCUT2D eigenvalue weighted by atomic mass is 10.2. The van der Waals surface area contributed by atoms with E-state index in [4.69, 9.17) is 10.1 Å². The molecule has 7 heteroatoms. The van der Waals surface area contributed by atoms with Gasteiger partial charge in [0.2, 0.25) is 5.91 Å². The first-order valence-corrected chi connectivity index (χ1v) is 7.94. The lowest BCUT2D eigenvalue weighted by molar-refractivity contribution is -0.136. The maximum Gasteiger partial charge on any atom is 0.310 e. The molecule has 1 aliphatic rings. The summed E-state index contributed by atoms with van der Waals surface area (Å²) in [6.07, 6.45) is 2.07. The summed E-state index contributed by atoms with van der Waals surface area (Å²) in [5.74, 6) is -0.759. The van der Waals surface area contributed by atoms with Gasteiger partial charge in [-0.1, -0.05) is 26.0 Å². The van der Waals surface area contributed by atoms with Crippen molar-refractivity contribution in [1.29, 1.82) is 5.41 Å². The van der Waals surface area contributed by atoms with E-state index in [1.165, 1.54) is 0 Å². The second-order valence-corrected chi connectivity index (χ2v) is 5.73. The highest BCUT2D eigenvalue weighted by atomic mass is 32.2. The predicted octanol–water partition coefficient (Wildman–Crippen LogP) is 2.79. The third-order valence-electron chi connectivity index (χ3n) is 3.07. The number of nitrogens with zero attached hydrogens (tertiary/aromatic N) is 1. The van der Waals surface area contributed by atoms with Gasteiger partial charge in [-0.3, -0.25) is 19.8 Å². The van der Waals surface area contributed by atoms with Crippen LogP contribution in [0.5, 0.6) is 5.75 Å². The number of rotatable bonds is 4. The molecule has 6 nitrogen and oxygen atoms in total. The second-order valence-electron chi connectivity index (χ2n) is 4.70. The largest absolute Gasteiger partial charge is 0.427 e. The summed E-state index contributed by atoms with van der Waals surface area (Å²) >= 11 is 0.953. The Morgan fingerprint density at radius 1 is 1.22 bits per heavy atom. The van der Waals surface area contributed by atoms with Crippen LogP contribution < -0.4 is 4.74 Å². The lowest BCUT2D eigenvalue weighted by Gasteiger charge is -2.09. The summed E-state index contributed by atoms with van der Waals surface area (Å²) in [7, 11) is 0. The summed E-state index contributed by atoms with van der Waals surface area (Å²) in [6, 6.07) is 6.66. The van der Waals surface area contributed by atoms with Crippen molar-refractivity contribution in [3.63, 3.8) is 0 Å². The van der Waals surface area contributed by atoms with Crippen molar-refractivity contribution in [3.8, 4) is 5.75 Å². The summed E-state index contributed by atoms with van der Waals surface area (Å²) in [4.78, 5) is 36.3. The molecule has 0 radical (unpaired) electrons. The van der Waals surface area contributed by atoms with Gasteiger partial charge < -0.3 is 4.74 Å². The van der Waals surface area contributed by atoms with E-state index in [2.05, 4.69) is 0 Å². The number of carbonyl (C=O) groups is 3. The van der Waals surface area contributed by atoms with Crippen molar-refractivity contribution in [1.82, 2.24) is 4.90 Å². The fourth-order valence-corrected chi connectivity index (χ4v) is 2.72. The van der Waals surface area contributed by atoms with E-state index in [1.807, 2.05) is 0 Å². The Kier molecular flexibility index (Phi) is 5.33. The van der Waals surface area contributed by atoms with E-state index in [1.54, 1.807) is 44.2 Å². The SMILES string of the molecule is CCC(=O)Oc1ccc(C=C2SC(=N)N(C(=O)CC)C2=O)cc1. The van der Waals surface area contributed by atoms with E-state index in [-0.39, 0.29) is 17.6 Å². The highest BCUT2D eigenvalue weighted by molar-refractivity contribution is 8.18. The van der Waals surface area contributed by atoms with Crippen molar-refractivity contribution in [2.24, 2.45) is 0 Å². The van der Waals surface area contributed by atoms with Gasteiger partial charge in [-0.15, -0.1) is 0 Å². The number of hydrogen-bond acceptors (Lipinski definition) is 6. The van der Waals surface area contributed by atoms with Crippen LogP contribution >= 0.6 is 11.8 Å². The Bertz CT molecular complexity index is 695. The number of carbonyl (C=O) groups excluding carboxylic acids is 3. The van der Waals surface area contributed by atoms with Crippen LogP contribution in [-0.2, 0) is 14.4 Å². The maximum atomic E-state index is 12.2. The number of benzene rings is 1. The predicted molar refractivity (Wildman–Crippen MR) is 87.8 cm³/mol. The number of hydrogen-bond donors (Lipinski definition) is 1. The van der Waals surface area contributed by atoms with E-state index in [0.29, 0.717) is 17.1 Å². The first kappa shape index (κ1) is 17.0. The standard InChI is InChI=1S/C16H16N2O4S/c1-3-13(19)18-15(21)12(23-16(18)17)9-10-5-7-11(8-6-10)22-14(20)4-2/h5-9,17H,3-4H2,1-2H3. The minimum absolute atomic E-state index is 0.0819. The van der Waals surface area contributed by atoms with Crippen LogP contribution in [0.3, 0.4) is 0 Å². The molecule has 0 bridgehead atoms. The third-order valence-corrected chi connectivity index (χ3v) is 3.96. The smallest absolute Gasteiger partial charge is 0.310 e. The molecule has 1 fully saturated rings. The molecule has 1 aromatic rings. The average molecular weight is 332 g/mol. The van der Waals surface area contributed by atoms with Crippen LogP contribution in [0.1, 0.15) is 32.3 Å². The Hall–Kier alpha value is -2.41. The van der Waals surface area contributed by atoms with E-state index >= 15 is 0 Å². The van der Waals surface area contributed by atoms with Crippen molar-refractivity contribution >= 4 is 40.8 Å². The zero-order valence-corrected chi connectivity index (χ0v) is 13.6. The minimum atomic E-state index is -0.478. The number of imide groups is 1. The highest BCUT2D eigenvalue weighted by Crippen LogP contribution is 2.32. The molecule has 0 atom stereocenters. The summed E-state index contributed by atoms with van der Waals surface area (Å²) < 4.78 is 5.07. The van der Waals surface area contributed by atoms with Crippen LogP contribution in [0, 0.1) is 5.41 Å². The number of nitrogens with one attached hydrogen (secondary N) is 1. The van der Waals surface area contributed by atoms with Crippen molar-refractivity contribution < 1.29 is 19.1 Å². The molecule has 2 amide bonds. The van der Waals surface area contributed by atoms with Crippen LogP contribution in [0.25, 0.3) is 6.08 Å². The number of esters is 1. The zero-order chi connectivity index (χ0) is 17.0. The number of amidine groups is 1. The summed E-state index contributed by atoms with van der Waals surface area (Å²) in [6.45, 7) is 3.36. The number of amides is 2. The van der Waals surface area contributed by atoms with Gasteiger partial charge in [-0.2, -0.15) is 0 Å². The average Bonchev–Trinajstić information content (AvgIpc) is 2.82. The molecule has 120 valence electrons. The molecule has 1 aliphatic heterocycles. The van der Waals surface area contributed by atoms with Gasteiger partial charge in [-0.05, 0) is 35.5 Å². The van der Waals surface area contributed by atoms with Crippen molar-refractivity contribution in [2.75, 3.05) is 0 Å². The molecule has 0 saturated carbocycles. The topological polar surface area (TPSA) is 87.5 Å². The lowest BCUT2D eigenvalue weighted by Crippen LogP contribution is -2.34. The molecule has 0 unspecified atom stereocenters. The highest BCUT2D eigenvalue weighted by Gasteiger charge is 2.36. The van der Waals surface area contributed by atoms with Crippen LogP contribution in [0.2, 0.25) is 0 Å². The van der Waals surface area contributed by atoms with Crippen LogP contribution in [0.4, 0.5) is 0 Å². The van der Waals surface area contributed by atoms with Crippen LogP contribution in [0.15, 0.2) is 29.2 Å². The molecule has 1 N–H and O–H groups in total. The Morgan fingerprint density at radius 2 is 1.87 bits per heavy atom. The molecule has 23 heavy (non-hydrogen) atoms. The van der Waals surface area contributed by atoms with Gasteiger partial charge in [0.05, 0.1) is 4.91 Å². The molecule has 1 saturated heterocycles. The Labute approximate surface area is 138 Å². The van der Waals surface area contributed by atoms with Gasteiger partial charge in [0.15, 0.2) is 5.17 Å². The van der Waals surface area contributed by atoms with Gasteiger partial charge >= 0.3 is 5.97 Å². The summed E-state index contributed by atoms with van der Waals surface area (Å²) in [5.41, 5.74) is 0.718. The monoisotopic (exact) mass is 332 g/mol. The number of thioether (sulfide) groups is 1. The van der Waals surface area contributed by atoms with E-state index in [0.717, 1.165) is 22.2 Å². The van der Waals surface area contributed by atoms with Crippen molar-refractivity contribution in [3.05, 3.63) is 34.7 Å². The quantitative estimate of drug-likeness (QED) is 0.520. The minimum Gasteiger partial charge on any atom is -0.427 e. The molecule has 2 rings (SSSR count). The fourth-order valence-electron chi connectivity index (χ4n) is 1.86. The first-order chi connectivity index (χ1) is 11.0. The molecule has 0 aromatic heterocycles. The first-order valence-electron chi connectivity index (χ1n) is 7.12. The Balaban J connectivity index is 2.16. The molecular formula is C16H16N2O4S. The van der Waals surface area contributed by atoms with Gasteiger partial charge in [0.1, 0.15) is 5.75 Å². The number of ether oxygens (including phenoxy) is 1. The van der Waals surface area contributed by atoms with E-state index in [9.17, 15) is 14.4 Å². The van der Waals surface area contributed by atoms with Gasteiger partial charge in [0.25, 0.3) is 5.91 Å². The molecule has 1 aromatic carbocycles. The zero-order valence-electron chi connectivity index (χ0n) is 12.8. The van der Waals surface area contributed by atoms with Crippen molar-refractivity contribution in [2.45, 2.75) is 26.7 Å². The normalized spacial score (nSPS) is 16.1. The fraction of sp³-hybridized carbons (Fsp3) is 0.250. The van der Waals surface area contributed by atoms with Gasteiger partial charge in [-0.25, -0.2) is 4.90 Å². The second kappa shape index (κ2) is 7.23. The molecule has 1 heterocycles. The summed E-state index contributed by atoms with van der Waals surface area (Å²) in [5, 5.41) is 7.67. The third kappa shape index (κ3) is 3.87. The Morgan fingerprint density at radius 3 is 2.43 bits per heavy atom. The van der Waals surface area contributed by atoms with E-state index < -0.39 is 11.8 Å². The van der Waals surface area contributed by atoms with Gasteiger partial charge in [0, 0.05) is 12.8 Å². The molecule has 0 spiro atoms. The van der Waals surface area contributed by atoms with Crippen LogP contribution in [-0.4, -0.2) is 27.9 Å².